The Bertz CT molecular complexity index is 426. The van der Waals surface area contributed by atoms with Crippen molar-refractivity contribution in [3.8, 4) is 0 Å². The van der Waals surface area contributed by atoms with Gasteiger partial charge in [-0.05, 0) is 36.3 Å². The topological polar surface area (TPSA) is 46.5 Å². The van der Waals surface area contributed by atoms with E-state index >= 15 is 0 Å². The molecule has 1 aromatic rings. The Morgan fingerprint density at radius 3 is 2.78 bits per heavy atom. The number of carboxylic acids is 1. The van der Waals surface area contributed by atoms with Crippen molar-refractivity contribution in [2.75, 3.05) is 0 Å². The van der Waals surface area contributed by atoms with Crippen molar-refractivity contribution < 1.29 is 14.6 Å². The summed E-state index contributed by atoms with van der Waals surface area (Å²) in [5.41, 5.74) is 2.46. The van der Waals surface area contributed by atoms with E-state index in [2.05, 4.69) is 12.1 Å². The molecule has 2 atom stereocenters. The summed E-state index contributed by atoms with van der Waals surface area (Å²) in [6, 6.07) is 8.18. The lowest BCUT2D eigenvalue weighted by molar-refractivity contribution is -0.159. The summed E-state index contributed by atoms with van der Waals surface area (Å²) in [5, 5.41) is 9.20. The number of ether oxygens (including phenoxy) is 1. The Morgan fingerprint density at radius 1 is 1.39 bits per heavy atom. The number of fused-ring (bicyclic) bond motifs is 1. The number of aryl methyl sites for hydroxylation is 1. The second-order valence-corrected chi connectivity index (χ2v) is 5.22. The third-order valence-corrected chi connectivity index (χ3v) is 3.47. The number of rotatable bonds is 4. The largest absolute Gasteiger partial charge is 0.479 e. The van der Waals surface area contributed by atoms with Gasteiger partial charge in [0.1, 0.15) is 0 Å². The van der Waals surface area contributed by atoms with Gasteiger partial charge in [0.2, 0.25) is 0 Å². The molecule has 2 rings (SSSR count). The van der Waals surface area contributed by atoms with E-state index in [4.69, 9.17) is 4.74 Å². The Kier molecular flexibility index (Phi) is 4.02. The van der Waals surface area contributed by atoms with Gasteiger partial charge in [-0.1, -0.05) is 38.1 Å². The molecule has 18 heavy (non-hydrogen) atoms. The number of hydrogen-bond donors (Lipinski definition) is 1. The van der Waals surface area contributed by atoms with E-state index in [0.29, 0.717) is 0 Å². The molecule has 0 radical (unpaired) electrons. The SMILES string of the molecule is CC(C)C(OC1CCCc2ccccc21)C(=O)O. The van der Waals surface area contributed by atoms with E-state index in [0.717, 1.165) is 24.8 Å². The first-order chi connectivity index (χ1) is 8.59. The van der Waals surface area contributed by atoms with Crippen LogP contribution in [0.25, 0.3) is 0 Å². The summed E-state index contributed by atoms with van der Waals surface area (Å²) in [6.07, 6.45) is 2.24. The van der Waals surface area contributed by atoms with Crippen molar-refractivity contribution >= 4 is 5.97 Å². The van der Waals surface area contributed by atoms with E-state index in [-0.39, 0.29) is 12.0 Å². The average Bonchev–Trinajstić information content (AvgIpc) is 2.35. The molecule has 98 valence electrons. The van der Waals surface area contributed by atoms with Crippen LogP contribution in [0.3, 0.4) is 0 Å². The van der Waals surface area contributed by atoms with Crippen LogP contribution in [0.2, 0.25) is 0 Å². The molecule has 0 fully saturated rings. The van der Waals surface area contributed by atoms with Crippen molar-refractivity contribution in [3.05, 3.63) is 35.4 Å². The number of aliphatic carboxylic acids is 1. The van der Waals surface area contributed by atoms with Gasteiger partial charge in [0, 0.05) is 0 Å². The summed E-state index contributed by atoms with van der Waals surface area (Å²) in [4.78, 5) is 11.2. The molecule has 0 saturated heterocycles. The van der Waals surface area contributed by atoms with Gasteiger partial charge in [0.05, 0.1) is 6.10 Å². The van der Waals surface area contributed by atoms with Gasteiger partial charge in [-0.15, -0.1) is 0 Å². The van der Waals surface area contributed by atoms with Crippen LogP contribution in [0.15, 0.2) is 24.3 Å². The van der Waals surface area contributed by atoms with Crippen molar-refractivity contribution in [1.29, 1.82) is 0 Å². The zero-order valence-electron chi connectivity index (χ0n) is 10.9. The molecule has 2 unspecified atom stereocenters. The van der Waals surface area contributed by atoms with Gasteiger partial charge in [-0.2, -0.15) is 0 Å². The van der Waals surface area contributed by atoms with Crippen molar-refractivity contribution in [2.24, 2.45) is 5.92 Å². The van der Waals surface area contributed by atoms with Crippen molar-refractivity contribution in [1.82, 2.24) is 0 Å². The van der Waals surface area contributed by atoms with E-state index in [1.165, 1.54) is 5.56 Å². The van der Waals surface area contributed by atoms with Crippen LogP contribution in [-0.2, 0) is 16.0 Å². The molecule has 0 amide bonds. The Morgan fingerprint density at radius 2 is 2.11 bits per heavy atom. The third kappa shape index (κ3) is 2.72. The van der Waals surface area contributed by atoms with Crippen LogP contribution in [0.4, 0.5) is 0 Å². The molecule has 1 aliphatic rings. The molecular weight excluding hydrogens is 228 g/mol. The normalized spacial score (nSPS) is 20.5. The summed E-state index contributed by atoms with van der Waals surface area (Å²) >= 11 is 0. The average molecular weight is 248 g/mol. The highest BCUT2D eigenvalue weighted by Crippen LogP contribution is 2.34. The van der Waals surface area contributed by atoms with E-state index in [9.17, 15) is 9.90 Å². The predicted octanol–water partition coefficient (Wildman–Crippen LogP) is 3.19. The second kappa shape index (κ2) is 5.53. The fraction of sp³-hybridized carbons (Fsp3) is 0.533. The molecular formula is C15H20O3. The Balaban J connectivity index is 2.18. The molecule has 1 N–H and O–H groups in total. The molecule has 0 bridgehead atoms. The highest BCUT2D eigenvalue weighted by atomic mass is 16.5. The summed E-state index contributed by atoms with van der Waals surface area (Å²) in [6.45, 7) is 3.76. The van der Waals surface area contributed by atoms with E-state index in [1.54, 1.807) is 0 Å². The van der Waals surface area contributed by atoms with Crippen LogP contribution in [-0.4, -0.2) is 17.2 Å². The monoisotopic (exact) mass is 248 g/mol. The molecule has 0 heterocycles. The van der Waals surface area contributed by atoms with E-state index in [1.807, 2.05) is 26.0 Å². The smallest absolute Gasteiger partial charge is 0.333 e. The quantitative estimate of drug-likeness (QED) is 0.890. The predicted molar refractivity (Wildman–Crippen MR) is 69.5 cm³/mol. The number of carbonyl (C=O) groups is 1. The maximum atomic E-state index is 11.2. The second-order valence-electron chi connectivity index (χ2n) is 5.22. The molecule has 1 aliphatic carbocycles. The van der Waals surface area contributed by atoms with E-state index < -0.39 is 12.1 Å². The van der Waals surface area contributed by atoms with Crippen LogP contribution >= 0.6 is 0 Å². The standard InChI is InChI=1S/C15H20O3/c1-10(2)14(15(16)17)18-13-9-5-7-11-6-3-4-8-12(11)13/h3-4,6,8,10,13-14H,5,7,9H2,1-2H3,(H,16,17). The molecule has 0 aromatic heterocycles. The maximum absolute atomic E-state index is 11.2. The highest BCUT2D eigenvalue weighted by Gasteiger charge is 2.29. The molecule has 3 heteroatoms. The summed E-state index contributed by atoms with van der Waals surface area (Å²) in [7, 11) is 0. The first kappa shape index (κ1) is 13.1. The zero-order chi connectivity index (χ0) is 13.1. The van der Waals surface area contributed by atoms with Crippen LogP contribution < -0.4 is 0 Å². The first-order valence-electron chi connectivity index (χ1n) is 6.55. The van der Waals surface area contributed by atoms with Gasteiger partial charge >= 0.3 is 5.97 Å². The van der Waals surface area contributed by atoms with Crippen LogP contribution in [0, 0.1) is 5.92 Å². The van der Waals surface area contributed by atoms with Crippen molar-refractivity contribution in [2.45, 2.75) is 45.3 Å². The fourth-order valence-corrected chi connectivity index (χ4v) is 2.53. The fourth-order valence-electron chi connectivity index (χ4n) is 2.53. The summed E-state index contributed by atoms with van der Waals surface area (Å²) in [5.74, 6) is -0.885. The Hall–Kier alpha value is -1.35. The minimum atomic E-state index is -0.868. The first-order valence-corrected chi connectivity index (χ1v) is 6.55. The maximum Gasteiger partial charge on any atom is 0.333 e. The number of benzene rings is 1. The van der Waals surface area contributed by atoms with Gasteiger partial charge in [-0.3, -0.25) is 0 Å². The zero-order valence-corrected chi connectivity index (χ0v) is 10.9. The number of hydrogen-bond acceptors (Lipinski definition) is 2. The van der Waals surface area contributed by atoms with Crippen molar-refractivity contribution in [3.63, 3.8) is 0 Å². The molecule has 0 aliphatic heterocycles. The van der Waals surface area contributed by atoms with Gasteiger partial charge < -0.3 is 9.84 Å². The Labute approximate surface area is 108 Å². The van der Waals surface area contributed by atoms with Crippen LogP contribution in [0.1, 0.15) is 43.9 Å². The van der Waals surface area contributed by atoms with Gasteiger partial charge in [0.15, 0.2) is 6.10 Å². The lowest BCUT2D eigenvalue weighted by Crippen LogP contribution is -2.32. The summed E-state index contributed by atoms with van der Waals surface area (Å²) < 4.78 is 5.84. The van der Waals surface area contributed by atoms with Gasteiger partial charge in [-0.25, -0.2) is 4.79 Å². The minimum Gasteiger partial charge on any atom is -0.479 e. The lowest BCUT2D eigenvalue weighted by Gasteiger charge is -2.29. The number of carboxylic acid groups (broad SMARTS) is 1. The molecule has 0 saturated carbocycles. The van der Waals surface area contributed by atoms with Gasteiger partial charge in [0.25, 0.3) is 0 Å². The van der Waals surface area contributed by atoms with Crippen LogP contribution in [0.5, 0.6) is 0 Å². The minimum absolute atomic E-state index is 0.0170. The molecule has 3 nitrogen and oxygen atoms in total. The highest BCUT2D eigenvalue weighted by molar-refractivity contribution is 5.72. The molecule has 1 aromatic carbocycles. The molecule has 0 spiro atoms. The lowest BCUT2D eigenvalue weighted by atomic mass is 9.89. The third-order valence-electron chi connectivity index (χ3n) is 3.47.